The number of hydrogen-bond acceptors (Lipinski definition) is 2. The molecule has 0 aromatic carbocycles. The first-order valence-corrected chi connectivity index (χ1v) is 4.30. The lowest BCUT2D eigenvalue weighted by molar-refractivity contribution is 0.0592. The van der Waals surface area contributed by atoms with Crippen LogP contribution < -0.4 is 0 Å². The van der Waals surface area contributed by atoms with E-state index in [0.29, 0.717) is 12.5 Å². The summed E-state index contributed by atoms with van der Waals surface area (Å²) in [6, 6.07) is 0. The maximum absolute atomic E-state index is 11.1. The van der Waals surface area contributed by atoms with Gasteiger partial charge in [-0.3, -0.25) is 0 Å². The molecule has 0 aliphatic carbocycles. The van der Waals surface area contributed by atoms with Crippen LogP contribution >= 0.6 is 0 Å². The number of ether oxygens (including phenoxy) is 1. The van der Waals surface area contributed by atoms with E-state index in [4.69, 9.17) is 4.74 Å². The third-order valence-electron chi connectivity index (χ3n) is 2.12. The molecule has 1 amide bonds. The zero-order chi connectivity index (χ0) is 8.97. The molecule has 3 heteroatoms. The van der Waals surface area contributed by atoms with Crippen molar-refractivity contribution in [3.8, 4) is 0 Å². The highest BCUT2D eigenvalue weighted by atomic mass is 16.6. The van der Waals surface area contributed by atoms with Crippen LogP contribution in [0, 0.1) is 5.92 Å². The predicted octanol–water partition coefficient (Wildman–Crippen LogP) is 1.65. The van der Waals surface area contributed by atoms with Gasteiger partial charge < -0.3 is 9.64 Å². The molecule has 1 heterocycles. The van der Waals surface area contributed by atoms with Crippen molar-refractivity contribution in [1.82, 2.24) is 4.90 Å². The molecule has 0 bridgehead atoms. The summed E-state index contributed by atoms with van der Waals surface area (Å²) in [6.07, 6.45) is 2.51. The maximum Gasteiger partial charge on any atom is 0.410 e. The van der Waals surface area contributed by atoms with Gasteiger partial charge in [-0.1, -0.05) is 19.6 Å². The van der Waals surface area contributed by atoms with Crippen LogP contribution in [0.25, 0.3) is 0 Å². The molecule has 12 heavy (non-hydrogen) atoms. The molecule has 0 unspecified atom stereocenters. The minimum absolute atomic E-state index is 0.209. The van der Waals surface area contributed by atoms with Crippen LogP contribution in [0.4, 0.5) is 4.79 Å². The van der Waals surface area contributed by atoms with Gasteiger partial charge in [0.25, 0.3) is 0 Å². The van der Waals surface area contributed by atoms with Crippen LogP contribution in [0.15, 0.2) is 12.7 Å². The topological polar surface area (TPSA) is 29.5 Å². The van der Waals surface area contributed by atoms with E-state index in [1.54, 1.807) is 11.0 Å². The van der Waals surface area contributed by atoms with Crippen LogP contribution in [0.5, 0.6) is 0 Å². The van der Waals surface area contributed by atoms with Crippen LogP contribution in [0.2, 0.25) is 0 Å². The van der Waals surface area contributed by atoms with Gasteiger partial charge in [0.2, 0.25) is 0 Å². The van der Waals surface area contributed by atoms with E-state index < -0.39 is 0 Å². The highest BCUT2D eigenvalue weighted by Crippen LogP contribution is 2.18. The van der Waals surface area contributed by atoms with Crippen LogP contribution in [0.3, 0.4) is 0 Å². The number of carbonyl (C=O) groups is 1. The van der Waals surface area contributed by atoms with Crippen LogP contribution in [-0.4, -0.2) is 30.7 Å². The number of amides is 1. The lowest BCUT2D eigenvalue weighted by Gasteiger charge is -2.37. The molecule has 1 rings (SSSR count). The van der Waals surface area contributed by atoms with E-state index >= 15 is 0 Å². The van der Waals surface area contributed by atoms with Crippen molar-refractivity contribution in [2.24, 2.45) is 5.92 Å². The molecule has 68 valence electrons. The van der Waals surface area contributed by atoms with Gasteiger partial charge in [0.05, 0.1) is 0 Å². The highest BCUT2D eigenvalue weighted by molar-refractivity contribution is 5.68. The molecule has 3 nitrogen and oxygen atoms in total. The lowest BCUT2D eigenvalue weighted by Crippen LogP contribution is -2.49. The molecular formula is C9H15NO2. The van der Waals surface area contributed by atoms with Gasteiger partial charge in [0.15, 0.2) is 0 Å². The molecule has 0 spiro atoms. The summed E-state index contributed by atoms with van der Waals surface area (Å²) in [5.74, 6) is 0.682. The molecule has 0 atom stereocenters. The standard InChI is InChI=1S/C9H15NO2/c1-3-5-12-9(11)10-6-8(4-2)7-10/h3,8H,1,4-7H2,2H3. The van der Waals surface area contributed by atoms with Crippen LogP contribution in [0.1, 0.15) is 13.3 Å². The molecule has 0 radical (unpaired) electrons. The normalized spacial score (nSPS) is 16.9. The largest absolute Gasteiger partial charge is 0.445 e. The van der Waals surface area contributed by atoms with Crippen molar-refractivity contribution in [1.29, 1.82) is 0 Å². The van der Waals surface area contributed by atoms with Crippen molar-refractivity contribution in [3.05, 3.63) is 12.7 Å². The molecule has 0 aromatic rings. The quantitative estimate of drug-likeness (QED) is 0.601. The summed E-state index contributed by atoms with van der Waals surface area (Å²) in [4.78, 5) is 12.8. The van der Waals surface area contributed by atoms with E-state index in [9.17, 15) is 4.79 Å². The summed E-state index contributed by atoms with van der Waals surface area (Å²) in [5, 5.41) is 0. The van der Waals surface area contributed by atoms with Gasteiger partial charge in [-0.25, -0.2) is 4.79 Å². The number of nitrogens with zero attached hydrogens (tertiary/aromatic N) is 1. The summed E-state index contributed by atoms with van der Waals surface area (Å²) in [6.45, 7) is 7.63. The minimum atomic E-state index is -0.209. The Morgan fingerprint density at radius 3 is 2.92 bits per heavy atom. The van der Waals surface area contributed by atoms with Crippen molar-refractivity contribution in [2.45, 2.75) is 13.3 Å². The van der Waals surface area contributed by atoms with E-state index in [0.717, 1.165) is 19.5 Å². The Hall–Kier alpha value is -0.990. The van der Waals surface area contributed by atoms with E-state index in [2.05, 4.69) is 13.5 Å². The highest BCUT2D eigenvalue weighted by Gasteiger charge is 2.29. The third-order valence-corrected chi connectivity index (χ3v) is 2.12. The number of rotatable bonds is 3. The molecule has 1 aliphatic rings. The van der Waals surface area contributed by atoms with Crippen molar-refractivity contribution in [3.63, 3.8) is 0 Å². The Morgan fingerprint density at radius 1 is 1.75 bits per heavy atom. The fourth-order valence-corrected chi connectivity index (χ4v) is 1.20. The number of hydrogen-bond donors (Lipinski definition) is 0. The second kappa shape index (κ2) is 4.14. The lowest BCUT2D eigenvalue weighted by atomic mass is 9.98. The Morgan fingerprint density at radius 2 is 2.42 bits per heavy atom. The van der Waals surface area contributed by atoms with E-state index in [-0.39, 0.29) is 6.09 Å². The van der Waals surface area contributed by atoms with Gasteiger partial charge in [-0.05, 0) is 12.3 Å². The molecule has 0 N–H and O–H groups in total. The monoisotopic (exact) mass is 169 g/mol. The van der Waals surface area contributed by atoms with Crippen molar-refractivity contribution < 1.29 is 9.53 Å². The Labute approximate surface area is 73.0 Å². The Balaban J connectivity index is 2.14. The molecule has 0 aromatic heterocycles. The molecular weight excluding hydrogens is 154 g/mol. The first-order valence-electron chi connectivity index (χ1n) is 4.30. The van der Waals surface area contributed by atoms with Gasteiger partial charge in [-0.15, -0.1) is 0 Å². The Kier molecular flexibility index (Phi) is 3.14. The third kappa shape index (κ3) is 2.00. The zero-order valence-corrected chi connectivity index (χ0v) is 7.45. The van der Waals surface area contributed by atoms with Gasteiger partial charge >= 0.3 is 6.09 Å². The van der Waals surface area contributed by atoms with Gasteiger partial charge in [0.1, 0.15) is 6.61 Å². The first-order chi connectivity index (χ1) is 5.77. The average molecular weight is 169 g/mol. The molecule has 1 aliphatic heterocycles. The summed E-state index contributed by atoms with van der Waals surface area (Å²) in [5.41, 5.74) is 0. The smallest absolute Gasteiger partial charge is 0.410 e. The summed E-state index contributed by atoms with van der Waals surface area (Å²) in [7, 11) is 0. The van der Waals surface area contributed by atoms with Gasteiger partial charge in [-0.2, -0.15) is 0 Å². The van der Waals surface area contributed by atoms with Crippen LogP contribution in [-0.2, 0) is 4.74 Å². The minimum Gasteiger partial charge on any atom is -0.445 e. The summed E-state index contributed by atoms with van der Waals surface area (Å²) < 4.78 is 4.86. The van der Waals surface area contributed by atoms with Gasteiger partial charge in [0, 0.05) is 13.1 Å². The second-order valence-corrected chi connectivity index (χ2v) is 3.04. The van der Waals surface area contributed by atoms with Crippen molar-refractivity contribution in [2.75, 3.05) is 19.7 Å². The molecule has 0 saturated carbocycles. The Bertz CT molecular complexity index is 173. The fraction of sp³-hybridized carbons (Fsp3) is 0.667. The number of likely N-dealkylation sites (tertiary alicyclic amines) is 1. The number of carbonyl (C=O) groups excluding carboxylic acids is 1. The SMILES string of the molecule is C=CCOC(=O)N1CC(CC)C1. The average Bonchev–Trinajstić information content (AvgIpc) is 1.99. The predicted molar refractivity (Wildman–Crippen MR) is 46.9 cm³/mol. The van der Waals surface area contributed by atoms with E-state index in [1.165, 1.54) is 0 Å². The molecule has 1 saturated heterocycles. The zero-order valence-electron chi connectivity index (χ0n) is 7.45. The van der Waals surface area contributed by atoms with E-state index in [1.807, 2.05) is 0 Å². The fourth-order valence-electron chi connectivity index (χ4n) is 1.20. The molecule has 1 fully saturated rings. The first kappa shape index (κ1) is 9.10. The summed E-state index contributed by atoms with van der Waals surface area (Å²) >= 11 is 0. The maximum atomic E-state index is 11.1. The second-order valence-electron chi connectivity index (χ2n) is 3.04. The van der Waals surface area contributed by atoms with Crippen molar-refractivity contribution >= 4 is 6.09 Å².